The summed E-state index contributed by atoms with van der Waals surface area (Å²) in [5, 5.41) is 1.02. The van der Waals surface area contributed by atoms with E-state index in [4.69, 9.17) is 4.42 Å². The number of allylic oxidation sites excluding steroid dienone is 1. The van der Waals surface area contributed by atoms with E-state index in [9.17, 15) is 4.79 Å². The minimum atomic E-state index is -0.424. The van der Waals surface area contributed by atoms with E-state index >= 15 is 0 Å². The summed E-state index contributed by atoms with van der Waals surface area (Å²) in [5.74, 6) is 0.568. The fourth-order valence-electron chi connectivity index (χ4n) is 2.27. The van der Waals surface area contributed by atoms with Gasteiger partial charge in [0.05, 0.1) is 0 Å². The summed E-state index contributed by atoms with van der Waals surface area (Å²) < 4.78 is 5.75. The number of benzene rings is 1. The van der Waals surface area contributed by atoms with Crippen molar-refractivity contribution in [2.75, 3.05) is 0 Å². The molecule has 0 aliphatic rings. The van der Waals surface area contributed by atoms with E-state index < -0.39 is 5.41 Å². The van der Waals surface area contributed by atoms with Crippen LogP contribution in [0.4, 0.5) is 0 Å². The number of hydrogen-bond donors (Lipinski definition) is 0. The Morgan fingerprint density at radius 1 is 1.37 bits per heavy atom. The normalized spacial score (nSPS) is 11.7. The van der Waals surface area contributed by atoms with Crippen molar-refractivity contribution in [1.29, 1.82) is 0 Å². The molecule has 0 bridgehead atoms. The second kappa shape index (κ2) is 5.04. The van der Waals surface area contributed by atoms with Crippen molar-refractivity contribution in [3.63, 3.8) is 0 Å². The van der Waals surface area contributed by atoms with Crippen LogP contribution in [0.5, 0.6) is 0 Å². The van der Waals surface area contributed by atoms with Gasteiger partial charge in [0.1, 0.15) is 5.58 Å². The van der Waals surface area contributed by atoms with Crippen molar-refractivity contribution in [2.24, 2.45) is 5.41 Å². The zero-order valence-electron chi connectivity index (χ0n) is 11.8. The van der Waals surface area contributed by atoms with Crippen molar-refractivity contribution in [2.45, 2.75) is 33.6 Å². The second-order valence-corrected chi connectivity index (χ2v) is 5.59. The minimum Gasteiger partial charge on any atom is -0.453 e. The molecule has 0 radical (unpaired) electrons. The smallest absolute Gasteiger partial charge is 0.203 e. The first-order chi connectivity index (χ1) is 8.97. The van der Waals surface area contributed by atoms with Gasteiger partial charge in [0, 0.05) is 16.4 Å². The number of ketones is 1. The molecule has 1 aromatic heterocycles. The van der Waals surface area contributed by atoms with Crippen molar-refractivity contribution in [1.82, 2.24) is 0 Å². The fourth-order valence-corrected chi connectivity index (χ4v) is 2.27. The van der Waals surface area contributed by atoms with E-state index in [2.05, 4.69) is 6.58 Å². The number of hydrogen-bond acceptors (Lipinski definition) is 2. The van der Waals surface area contributed by atoms with Crippen LogP contribution < -0.4 is 0 Å². The zero-order chi connectivity index (χ0) is 14.0. The molecule has 0 amide bonds. The fraction of sp³-hybridized carbons (Fsp3) is 0.353. The monoisotopic (exact) mass is 256 g/mol. The molecule has 0 aliphatic carbocycles. The van der Waals surface area contributed by atoms with E-state index in [0.29, 0.717) is 5.76 Å². The van der Waals surface area contributed by atoms with E-state index in [0.717, 1.165) is 29.4 Å². The SMILES string of the molecule is C=CCCC(C)(C)C(=O)c1oc2ccccc2c1C. The van der Waals surface area contributed by atoms with Crippen LogP contribution in [-0.2, 0) is 0 Å². The van der Waals surface area contributed by atoms with Gasteiger partial charge in [-0.15, -0.1) is 6.58 Å². The molecule has 100 valence electrons. The van der Waals surface area contributed by atoms with Crippen molar-refractivity contribution >= 4 is 16.8 Å². The largest absolute Gasteiger partial charge is 0.453 e. The number of Topliss-reactive ketones (excluding diaryl/α,β-unsaturated/α-hetero) is 1. The van der Waals surface area contributed by atoms with Gasteiger partial charge in [0.25, 0.3) is 0 Å². The average molecular weight is 256 g/mol. The molecule has 0 atom stereocenters. The molecule has 0 saturated carbocycles. The Labute approximate surface area is 114 Å². The number of furan rings is 1. The highest BCUT2D eigenvalue weighted by atomic mass is 16.3. The predicted molar refractivity (Wildman–Crippen MR) is 78.5 cm³/mol. The molecular formula is C17H20O2. The van der Waals surface area contributed by atoms with Crippen LogP contribution in [0.25, 0.3) is 11.0 Å². The van der Waals surface area contributed by atoms with Gasteiger partial charge >= 0.3 is 0 Å². The number of rotatable bonds is 5. The van der Waals surface area contributed by atoms with Crippen LogP contribution in [0.15, 0.2) is 41.3 Å². The molecule has 0 unspecified atom stereocenters. The molecular weight excluding hydrogens is 236 g/mol. The van der Waals surface area contributed by atoms with Gasteiger partial charge in [-0.05, 0) is 25.8 Å². The molecule has 1 heterocycles. The van der Waals surface area contributed by atoms with Crippen LogP contribution in [0.3, 0.4) is 0 Å². The first-order valence-corrected chi connectivity index (χ1v) is 6.61. The van der Waals surface area contributed by atoms with Crippen molar-refractivity contribution in [3.8, 4) is 0 Å². The van der Waals surface area contributed by atoms with Gasteiger partial charge in [0.2, 0.25) is 5.78 Å². The minimum absolute atomic E-state index is 0.0723. The molecule has 0 spiro atoms. The summed E-state index contributed by atoms with van der Waals surface area (Å²) in [7, 11) is 0. The lowest BCUT2D eigenvalue weighted by Crippen LogP contribution is -2.24. The molecule has 19 heavy (non-hydrogen) atoms. The maximum Gasteiger partial charge on any atom is 0.203 e. The first kappa shape index (κ1) is 13.6. The Morgan fingerprint density at radius 3 is 2.68 bits per heavy atom. The summed E-state index contributed by atoms with van der Waals surface area (Å²) in [6, 6.07) is 7.77. The number of fused-ring (bicyclic) bond motifs is 1. The first-order valence-electron chi connectivity index (χ1n) is 6.61. The third-order valence-electron chi connectivity index (χ3n) is 3.64. The highest BCUT2D eigenvalue weighted by Crippen LogP contribution is 2.33. The molecule has 0 saturated heterocycles. The Hall–Kier alpha value is -1.83. The van der Waals surface area contributed by atoms with E-state index in [-0.39, 0.29) is 5.78 Å². The lowest BCUT2D eigenvalue weighted by Gasteiger charge is -2.21. The topological polar surface area (TPSA) is 30.2 Å². The summed E-state index contributed by atoms with van der Waals surface area (Å²) >= 11 is 0. The third kappa shape index (κ3) is 2.48. The molecule has 2 nitrogen and oxygen atoms in total. The average Bonchev–Trinajstić information content (AvgIpc) is 2.73. The van der Waals surface area contributed by atoms with Crippen LogP contribution in [0, 0.1) is 12.3 Å². The lowest BCUT2D eigenvalue weighted by molar-refractivity contribution is 0.0799. The van der Waals surface area contributed by atoms with Gasteiger partial charge in [-0.25, -0.2) is 0 Å². The lowest BCUT2D eigenvalue weighted by atomic mass is 9.81. The molecule has 2 heteroatoms. The zero-order valence-corrected chi connectivity index (χ0v) is 11.8. The second-order valence-electron chi connectivity index (χ2n) is 5.59. The van der Waals surface area contributed by atoms with E-state index in [1.54, 1.807) is 0 Å². The highest BCUT2D eigenvalue weighted by Gasteiger charge is 2.32. The summed E-state index contributed by atoms with van der Waals surface area (Å²) in [6.45, 7) is 9.59. The van der Waals surface area contributed by atoms with Gasteiger partial charge in [-0.3, -0.25) is 4.79 Å². The Bertz CT molecular complexity index is 617. The predicted octanol–water partition coefficient (Wildman–Crippen LogP) is 4.92. The Morgan fingerprint density at radius 2 is 2.05 bits per heavy atom. The van der Waals surface area contributed by atoms with Gasteiger partial charge in [-0.1, -0.05) is 38.1 Å². The van der Waals surface area contributed by atoms with Crippen molar-refractivity contribution in [3.05, 3.63) is 48.2 Å². The molecule has 2 aromatic rings. The van der Waals surface area contributed by atoms with Gasteiger partial charge in [0.15, 0.2) is 5.76 Å². The number of aryl methyl sites for hydroxylation is 1. The highest BCUT2D eigenvalue weighted by molar-refractivity contribution is 6.03. The molecule has 0 fully saturated rings. The van der Waals surface area contributed by atoms with E-state index in [1.165, 1.54) is 0 Å². The molecule has 2 rings (SSSR count). The maximum atomic E-state index is 12.6. The number of carbonyl (C=O) groups is 1. The maximum absolute atomic E-state index is 12.6. The Kier molecular flexibility index (Phi) is 3.61. The number of carbonyl (C=O) groups excluding carboxylic acids is 1. The summed E-state index contributed by atoms with van der Waals surface area (Å²) in [5.41, 5.74) is 1.29. The van der Waals surface area contributed by atoms with E-state index in [1.807, 2.05) is 51.1 Å². The standard InChI is InChI=1S/C17H20O2/c1-5-6-11-17(3,4)16(18)15-12(2)13-9-7-8-10-14(13)19-15/h5,7-10H,1,6,11H2,2-4H3. The van der Waals surface area contributed by atoms with Crippen molar-refractivity contribution < 1.29 is 9.21 Å². The van der Waals surface area contributed by atoms with Crippen LogP contribution in [0.1, 0.15) is 42.8 Å². The van der Waals surface area contributed by atoms with Crippen LogP contribution in [-0.4, -0.2) is 5.78 Å². The molecule has 0 aliphatic heterocycles. The van der Waals surface area contributed by atoms with Crippen LogP contribution >= 0.6 is 0 Å². The molecule has 0 N–H and O–H groups in total. The summed E-state index contributed by atoms with van der Waals surface area (Å²) in [6.07, 6.45) is 3.46. The molecule has 1 aromatic carbocycles. The quantitative estimate of drug-likeness (QED) is 0.561. The number of para-hydroxylation sites is 1. The van der Waals surface area contributed by atoms with Crippen LogP contribution in [0.2, 0.25) is 0 Å². The third-order valence-corrected chi connectivity index (χ3v) is 3.64. The summed E-state index contributed by atoms with van der Waals surface area (Å²) in [4.78, 5) is 12.6. The van der Waals surface area contributed by atoms with Gasteiger partial charge < -0.3 is 4.42 Å². The Balaban J connectivity index is 2.41. The van der Waals surface area contributed by atoms with Gasteiger partial charge in [-0.2, -0.15) is 0 Å².